The minimum absolute atomic E-state index is 0.273. The molecule has 14 heavy (non-hydrogen) atoms. The lowest BCUT2D eigenvalue weighted by molar-refractivity contribution is 0.447. The van der Waals surface area contributed by atoms with Crippen molar-refractivity contribution in [3.05, 3.63) is 6.42 Å². The first-order valence-electron chi connectivity index (χ1n) is 5.32. The number of nitrogens with zero attached hydrogens (tertiary/aromatic N) is 1. The Morgan fingerprint density at radius 2 is 1.71 bits per heavy atom. The summed E-state index contributed by atoms with van der Waals surface area (Å²) in [6.07, 6.45) is 4.51. The first-order chi connectivity index (χ1) is 6.51. The largest absolute Gasteiger partial charge is 0.216 e. The number of fused-ring (bicyclic) bond motifs is 1. The van der Waals surface area contributed by atoms with Gasteiger partial charge in [-0.1, -0.05) is 0 Å². The van der Waals surface area contributed by atoms with E-state index in [1.807, 2.05) is 0 Å². The number of hydrogen-bond donors (Lipinski definition) is 0. The van der Waals surface area contributed by atoms with Gasteiger partial charge in [-0.15, -0.1) is 0 Å². The molecule has 0 bridgehead atoms. The summed E-state index contributed by atoms with van der Waals surface area (Å²) in [4.78, 5) is 0. The zero-order chi connectivity index (χ0) is 10.3. The average molecular weight is 216 g/mol. The van der Waals surface area contributed by atoms with Crippen molar-refractivity contribution >= 4 is 10.0 Å². The molecule has 2 atom stereocenters. The lowest BCUT2D eigenvalue weighted by Gasteiger charge is -2.19. The summed E-state index contributed by atoms with van der Waals surface area (Å²) in [5, 5.41) is -0.273. The zero-order valence-corrected chi connectivity index (χ0v) is 9.63. The third-order valence-electron chi connectivity index (χ3n) is 3.44. The van der Waals surface area contributed by atoms with E-state index in [0.29, 0.717) is 11.8 Å². The molecule has 2 fully saturated rings. The van der Waals surface area contributed by atoms with Gasteiger partial charge in [-0.25, -0.2) is 12.7 Å². The maximum absolute atomic E-state index is 11.9. The van der Waals surface area contributed by atoms with Crippen LogP contribution in [0.4, 0.5) is 0 Å². The van der Waals surface area contributed by atoms with Crippen LogP contribution in [0, 0.1) is 18.3 Å². The lowest BCUT2D eigenvalue weighted by atomic mass is 10.0. The molecule has 0 spiro atoms. The van der Waals surface area contributed by atoms with E-state index >= 15 is 0 Å². The number of sulfonamides is 1. The Balaban J connectivity index is 2.09. The standard InChI is InChI=1S/C10H18NO2S/c1-8(2)14(12,13)11-6-9-4-3-5-10(9)7-11/h3,8-10H,4-7H2,1-2H3. The molecule has 0 aromatic rings. The Hall–Kier alpha value is -0.0900. The van der Waals surface area contributed by atoms with Crippen molar-refractivity contribution in [1.82, 2.24) is 4.31 Å². The van der Waals surface area contributed by atoms with Gasteiger partial charge in [0.15, 0.2) is 0 Å². The van der Waals surface area contributed by atoms with E-state index in [0.717, 1.165) is 25.9 Å². The third kappa shape index (κ3) is 1.58. The Labute approximate surface area is 86.5 Å². The van der Waals surface area contributed by atoms with Gasteiger partial charge in [0.25, 0.3) is 0 Å². The molecular formula is C10H18NO2S. The Bertz CT molecular complexity index is 298. The second-order valence-corrected chi connectivity index (χ2v) is 7.18. The van der Waals surface area contributed by atoms with Crippen molar-refractivity contribution in [1.29, 1.82) is 0 Å². The minimum Gasteiger partial charge on any atom is -0.212 e. The predicted molar refractivity (Wildman–Crippen MR) is 56.1 cm³/mol. The van der Waals surface area contributed by atoms with Crippen molar-refractivity contribution in [3.8, 4) is 0 Å². The molecule has 0 aromatic carbocycles. The number of hydrogen-bond acceptors (Lipinski definition) is 2. The van der Waals surface area contributed by atoms with Gasteiger partial charge in [-0.2, -0.15) is 0 Å². The highest BCUT2D eigenvalue weighted by atomic mass is 32.2. The van der Waals surface area contributed by atoms with E-state index in [9.17, 15) is 8.42 Å². The SMILES string of the molecule is CC(C)S(=O)(=O)N1CC2C[CH]CC2C1. The van der Waals surface area contributed by atoms with Gasteiger partial charge >= 0.3 is 0 Å². The van der Waals surface area contributed by atoms with Gasteiger partial charge in [-0.05, 0) is 44.9 Å². The second kappa shape index (κ2) is 3.49. The molecule has 0 aromatic heterocycles. The summed E-state index contributed by atoms with van der Waals surface area (Å²) in [5.41, 5.74) is 0. The molecule has 3 nitrogen and oxygen atoms in total. The van der Waals surface area contributed by atoms with Gasteiger partial charge in [0.1, 0.15) is 0 Å². The van der Waals surface area contributed by atoms with E-state index in [-0.39, 0.29) is 5.25 Å². The third-order valence-corrected chi connectivity index (χ3v) is 5.65. The van der Waals surface area contributed by atoms with Crippen LogP contribution in [0.3, 0.4) is 0 Å². The Kier molecular flexibility index (Phi) is 2.60. The maximum Gasteiger partial charge on any atom is 0.216 e. The highest BCUT2D eigenvalue weighted by Gasteiger charge is 2.41. The Morgan fingerprint density at radius 1 is 1.21 bits per heavy atom. The average Bonchev–Trinajstić information content (AvgIpc) is 2.60. The smallest absolute Gasteiger partial charge is 0.212 e. The predicted octanol–water partition coefficient (Wildman–Crippen LogP) is 1.27. The normalized spacial score (nSPS) is 33.9. The van der Waals surface area contributed by atoms with Gasteiger partial charge < -0.3 is 0 Å². The molecule has 81 valence electrons. The van der Waals surface area contributed by atoms with Gasteiger partial charge in [0, 0.05) is 13.1 Å². The van der Waals surface area contributed by atoms with Crippen LogP contribution in [-0.4, -0.2) is 31.1 Å². The molecule has 4 heteroatoms. The van der Waals surface area contributed by atoms with Crippen LogP contribution in [-0.2, 0) is 10.0 Å². The fourth-order valence-electron chi connectivity index (χ4n) is 2.46. The molecule has 2 aliphatic rings. The summed E-state index contributed by atoms with van der Waals surface area (Å²) in [5.74, 6) is 1.20. The molecule has 1 aliphatic heterocycles. The van der Waals surface area contributed by atoms with Crippen LogP contribution >= 0.6 is 0 Å². The van der Waals surface area contributed by atoms with Crippen molar-refractivity contribution in [2.45, 2.75) is 31.9 Å². The second-order valence-electron chi connectivity index (χ2n) is 4.69. The van der Waals surface area contributed by atoms with Crippen molar-refractivity contribution in [3.63, 3.8) is 0 Å². The molecule has 2 rings (SSSR count). The maximum atomic E-state index is 11.9. The summed E-state index contributed by atoms with van der Waals surface area (Å²) in [6, 6.07) is 0. The summed E-state index contributed by atoms with van der Waals surface area (Å²) < 4.78 is 25.5. The van der Waals surface area contributed by atoms with Gasteiger partial charge in [-0.3, -0.25) is 0 Å². The van der Waals surface area contributed by atoms with Crippen LogP contribution < -0.4 is 0 Å². The van der Waals surface area contributed by atoms with Crippen molar-refractivity contribution in [2.75, 3.05) is 13.1 Å². The van der Waals surface area contributed by atoms with Gasteiger partial charge in [0.2, 0.25) is 10.0 Å². The molecule has 1 saturated heterocycles. The molecule has 2 unspecified atom stereocenters. The molecule has 0 N–H and O–H groups in total. The van der Waals surface area contributed by atoms with Crippen molar-refractivity contribution in [2.24, 2.45) is 11.8 Å². The van der Waals surface area contributed by atoms with Gasteiger partial charge in [0.05, 0.1) is 5.25 Å². The highest BCUT2D eigenvalue weighted by molar-refractivity contribution is 7.89. The number of rotatable bonds is 2. The first-order valence-corrected chi connectivity index (χ1v) is 6.82. The van der Waals surface area contributed by atoms with Crippen LogP contribution in [0.25, 0.3) is 0 Å². The van der Waals surface area contributed by atoms with Crippen LogP contribution in [0.5, 0.6) is 0 Å². The van der Waals surface area contributed by atoms with E-state index in [4.69, 9.17) is 0 Å². The monoisotopic (exact) mass is 216 g/mol. The summed E-state index contributed by atoms with van der Waals surface area (Å²) in [7, 11) is -3.00. The summed E-state index contributed by atoms with van der Waals surface area (Å²) >= 11 is 0. The van der Waals surface area contributed by atoms with E-state index in [1.54, 1.807) is 18.2 Å². The molecule has 1 saturated carbocycles. The molecule has 1 radical (unpaired) electrons. The first kappa shape index (κ1) is 10.4. The zero-order valence-electron chi connectivity index (χ0n) is 8.81. The molecule has 0 amide bonds. The van der Waals surface area contributed by atoms with Crippen LogP contribution in [0.15, 0.2) is 0 Å². The molecular weight excluding hydrogens is 198 g/mol. The molecule has 1 heterocycles. The fraction of sp³-hybridized carbons (Fsp3) is 0.900. The van der Waals surface area contributed by atoms with E-state index in [2.05, 4.69) is 6.42 Å². The fourth-order valence-corrected chi connectivity index (χ4v) is 3.85. The van der Waals surface area contributed by atoms with Crippen LogP contribution in [0.2, 0.25) is 0 Å². The Morgan fingerprint density at radius 3 is 2.14 bits per heavy atom. The summed E-state index contributed by atoms with van der Waals surface area (Å²) in [6.45, 7) is 5.02. The van der Waals surface area contributed by atoms with Crippen LogP contribution in [0.1, 0.15) is 26.7 Å². The molecule has 1 aliphatic carbocycles. The van der Waals surface area contributed by atoms with Crippen molar-refractivity contribution < 1.29 is 8.42 Å². The van der Waals surface area contributed by atoms with E-state index < -0.39 is 10.0 Å². The highest BCUT2D eigenvalue weighted by Crippen LogP contribution is 2.38. The minimum atomic E-state index is -3.00. The van der Waals surface area contributed by atoms with E-state index in [1.165, 1.54) is 0 Å². The topological polar surface area (TPSA) is 37.4 Å². The quantitative estimate of drug-likeness (QED) is 0.697. The lowest BCUT2D eigenvalue weighted by Crippen LogP contribution is -2.35.